The number of hydrogen-bond acceptors (Lipinski definition) is 5. The highest BCUT2D eigenvalue weighted by atomic mass is 16.6. The molecule has 1 aromatic rings. The fourth-order valence-corrected chi connectivity index (χ4v) is 2.02. The van der Waals surface area contributed by atoms with Gasteiger partial charge in [-0.2, -0.15) is 0 Å². The highest BCUT2D eigenvalue weighted by Crippen LogP contribution is 2.19. The lowest BCUT2D eigenvalue weighted by Crippen LogP contribution is -2.35. The lowest BCUT2D eigenvalue weighted by atomic mass is 10.1. The van der Waals surface area contributed by atoms with Gasteiger partial charge in [-0.05, 0) is 25.6 Å². The van der Waals surface area contributed by atoms with Gasteiger partial charge in [0.25, 0.3) is 11.6 Å². The third-order valence-electron chi connectivity index (χ3n) is 3.19. The van der Waals surface area contributed by atoms with E-state index < -0.39 is 4.92 Å². The number of nitro benzene ring substituents is 1. The molecule has 0 saturated carbocycles. The first kappa shape index (κ1) is 16.9. The highest BCUT2D eigenvalue weighted by molar-refractivity contribution is 5.99. The van der Waals surface area contributed by atoms with Gasteiger partial charge in [-0.25, -0.2) is 0 Å². The molecule has 0 aromatic heterocycles. The van der Waals surface area contributed by atoms with Gasteiger partial charge in [-0.15, -0.1) is 0 Å². The van der Waals surface area contributed by atoms with Crippen molar-refractivity contribution < 1.29 is 9.72 Å². The molecule has 0 aliphatic heterocycles. The lowest BCUT2D eigenvalue weighted by molar-refractivity contribution is -0.384. The van der Waals surface area contributed by atoms with Crippen LogP contribution in [0, 0.1) is 10.1 Å². The number of nitro groups is 1. The predicted octanol–water partition coefficient (Wildman–Crippen LogP) is 1.64. The monoisotopic (exact) mass is 294 g/mol. The predicted molar refractivity (Wildman–Crippen MR) is 82.2 cm³/mol. The maximum absolute atomic E-state index is 12.0. The molecular formula is C14H22N4O3. The molecule has 1 amide bonds. The Hall–Kier alpha value is -2.15. The van der Waals surface area contributed by atoms with Crippen LogP contribution in [0.2, 0.25) is 0 Å². The van der Waals surface area contributed by atoms with Crippen molar-refractivity contribution in [3.8, 4) is 0 Å². The minimum absolute atomic E-state index is 0.141. The Morgan fingerprint density at radius 1 is 1.38 bits per heavy atom. The maximum Gasteiger partial charge on any atom is 0.270 e. The topological polar surface area (TPSA) is 102 Å². The SMILES string of the molecule is CCCN(CC)CCNC(=O)c1cc([N+](=O)[O-])ccc1N. The van der Waals surface area contributed by atoms with E-state index in [0.717, 1.165) is 26.1 Å². The van der Waals surface area contributed by atoms with Crippen LogP contribution in [0.3, 0.4) is 0 Å². The largest absolute Gasteiger partial charge is 0.398 e. The smallest absolute Gasteiger partial charge is 0.270 e. The molecule has 0 bridgehead atoms. The number of likely N-dealkylation sites (N-methyl/N-ethyl adjacent to an activating group) is 1. The van der Waals surface area contributed by atoms with Crippen molar-refractivity contribution in [1.82, 2.24) is 10.2 Å². The number of carbonyl (C=O) groups excluding carboxylic acids is 1. The van der Waals surface area contributed by atoms with Crippen molar-refractivity contribution in [2.75, 3.05) is 31.9 Å². The van der Waals surface area contributed by atoms with Crippen molar-refractivity contribution in [2.24, 2.45) is 0 Å². The molecule has 0 saturated heterocycles. The van der Waals surface area contributed by atoms with Crippen LogP contribution in [0.5, 0.6) is 0 Å². The summed E-state index contributed by atoms with van der Waals surface area (Å²) in [5.74, 6) is -0.385. The highest BCUT2D eigenvalue weighted by Gasteiger charge is 2.15. The summed E-state index contributed by atoms with van der Waals surface area (Å²) in [5.41, 5.74) is 5.94. The number of anilines is 1. The van der Waals surface area contributed by atoms with Gasteiger partial charge in [0.05, 0.1) is 10.5 Å². The van der Waals surface area contributed by atoms with E-state index in [4.69, 9.17) is 5.73 Å². The zero-order valence-electron chi connectivity index (χ0n) is 12.5. The Morgan fingerprint density at radius 3 is 2.67 bits per heavy atom. The van der Waals surface area contributed by atoms with Gasteiger partial charge in [-0.3, -0.25) is 14.9 Å². The van der Waals surface area contributed by atoms with Crippen molar-refractivity contribution in [1.29, 1.82) is 0 Å². The second-order valence-corrected chi connectivity index (χ2v) is 4.72. The lowest BCUT2D eigenvalue weighted by Gasteiger charge is -2.19. The maximum atomic E-state index is 12.0. The number of non-ortho nitro benzene ring substituents is 1. The molecule has 7 heteroatoms. The Kier molecular flexibility index (Phi) is 6.61. The number of nitrogens with zero attached hydrogens (tertiary/aromatic N) is 2. The summed E-state index contributed by atoms with van der Waals surface area (Å²) in [6, 6.07) is 3.86. The fraction of sp³-hybridized carbons (Fsp3) is 0.500. The summed E-state index contributed by atoms with van der Waals surface area (Å²) in [6.07, 6.45) is 1.06. The summed E-state index contributed by atoms with van der Waals surface area (Å²) in [7, 11) is 0. The van der Waals surface area contributed by atoms with Crippen molar-refractivity contribution in [2.45, 2.75) is 20.3 Å². The quantitative estimate of drug-likeness (QED) is 0.431. The van der Waals surface area contributed by atoms with Crippen LogP contribution < -0.4 is 11.1 Å². The standard InChI is InChI=1S/C14H22N4O3/c1-3-8-17(4-2)9-7-16-14(19)12-10-11(18(20)21)5-6-13(12)15/h5-6,10H,3-4,7-9,15H2,1-2H3,(H,16,19). The second kappa shape index (κ2) is 8.21. The van der Waals surface area contributed by atoms with E-state index in [1.807, 2.05) is 0 Å². The molecule has 1 rings (SSSR count). The molecule has 0 aliphatic rings. The zero-order chi connectivity index (χ0) is 15.8. The van der Waals surface area contributed by atoms with Crippen LogP contribution in [-0.2, 0) is 0 Å². The molecule has 3 N–H and O–H groups in total. The Morgan fingerprint density at radius 2 is 2.10 bits per heavy atom. The van der Waals surface area contributed by atoms with Gasteiger partial charge in [-0.1, -0.05) is 13.8 Å². The average molecular weight is 294 g/mol. The number of nitrogens with two attached hydrogens (primary N) is 1. The molecule has 0 heterocycles. The number of rotatable bonds is 8. The van der Waals surface area contributed by atoms with Crippen LogP contribution in [-0.4, -0.2) is 41.9 Å². The van der Waals surface area contributed by atoms with E-state index in [9.17, 15) is 14.9 Å². The average Bonchev–Trinajstić information content (AvgIpc) is 2.46. The number of amides is 1. The van der Waals surface area contributed by atoms with Crippen LogP contribution in [0.25, 0.3) is 0 Å². The molecule has 21 heavy (non-hydrogen) atoms. The van der Waals surface area contributed by atoms with E-state index in [0.29, 0.717) is 6.54 Å². The first-order valence-corrected chi connectivity index (χ1v) is 7.04. The van der Waals surface area contributed by atoms with Gasteiger partial charge in [0.1, 0.15) is 0 Å². The molecule has 0 spiro atoms. The number of hydrogen-bond donors (Lipinski definition) is 2. The fourth-order valence-electron chi connectivity index (χ4n) is 2.02. The van der Waals surface area contributed by atoms with Gasteiger partial charge in [0.15, 0.2) is 0 Å². The van der Waals surface area contributed by atoms with Crippen molar-refractivity contribution in [3.05, 3.63) is 33.9 Å². The molecule has 0 radical (unpaired) electrons. The third kappa shape index (κ3) is 5.03. The Balaban J connectivity index is 2.63. The van der Waals surface area contributed by atoms with Gasteiger partial charge < -0.3 is 16.0 Å². The summed E-state index contributed by atoms with van der Waals surface area (Å²) >= 11 is 0. The van der Waals surface area contributed by atoms with E-state index >= 15 is 0 Å². The van der Waals surface area contributed by atoms with Gasteiger partial charge in [0.2, 0.25) is 0 Å². The van der Waals surface area contributed by atoms with Crippen molar-refractivity contribution >= 4 is 17.3 Å². The van der Waals surface area contributed by atoms with Gasteiger partial charge in [0, 0.05) is 30.9 Å². The summed E-state index contributed by atoms with van der Waals surface area (Å²) in [5, 5.41) is 13.5. The first-order valence-electron chi connectivity index (χ1n) is 7.04. The third-order valence-corrected chi connectivity index (χ3v) is 3.19. The van der Waals surface area contributed by atoms with E-state index in [-0.39, 0.29) is 22.8 Å². The van der Waals surface area contributed by atoms with E-state index in [2.05, 4.69) is 24.1 Å². The summed E-state index contributed by atoms with van der Waals surface area (Å²) in [6.45, 7) is 7.29. The molecule has 7 nitrogen and oxygen atoms in total. The number of nitrogens with one attached hydrogen (secondary N) is 1. The number of benzene rings is 1. The summed E-state index contributed by atoms with van der Waals surface area (Å²) in [4.78, 5) is 24.4. The van der Waals surface area contributed by atoms with Crippen LogP contribution in [0.15, 0.2) is 18.2 Å². The molecule has 0 fully saturated rings. The zero-order valence-corrected chi connectivity index (χ0v) is 12.5. The minimum atomic E-state index is -0.545. The molecule has 0 aliphatic carbocycles. The Labute approximate surface area is 124 Å². The molecule has 1 aromatic carbocycles. The second-order valence-electron chi connectivity index (χ2n) is 4.72. The molecular weight excluding hydrogens is 272 g/mol. The van der Waals surface area contributed by atoms with Crippen LogP contribution in [0.4, 0.5) is 11.4 Å². The van der Waals surface area contributed by atoms with Crippen LogP contribution in [0.1, 0.15) is 30.6 Å². The minimum Gasteiger partial charge on any atom is -0.398 e. The molecule has 0 atom stereocenters. The number of nitrogen functional groups attached to an aromatic ring is 1. The van der Waals surface area contributed by atoms with Gasteiger partial charge >= 0.3 is 0 Å². The first-order chi connectivity index (χ1) is 9.99. The molecule has 0 unspecified atom stereocenters. The van der Waals surface area contributed by atoms with E-state index in [1.54, 1.807) is 0 Å². The normalized spacial score (nSPS) is 10.6. The number of carbonyl (C=O) groups is 1. The summed E-state index contributed by atoms with van der Waals surface area (Å²) < 4.78 is 0. The van der Waals surface area contributed by atoms with Crippen LogP contribution >= 0.6 is 0 Å². The Bertz CT molecular complexity index is 505. The van der Waals surface area contributed by atoms with E-state index in [1.165, 1.54) is 18.2 Å². The molecule has 116 valence electrons. The van der Waals surface area contributed by atoms with Crippen molar-refractivity contribution in [3.63, 3.8) is 0 Å².